The molecule has 7 heteroatoms. The van der Waals surface area contributed by atoms with Gasteiger partial charge in [0.2, 0.25) is 11.8 Å². The van der Waals surface area contributed by atoms with E-state index in [9.17, 15) is 14.4 Å². The molecule has 3 rings (SSSR count). The van der Waals surface area contributed by atoms with Gasteiger partial charge in [-0.2, -0.15) is 0 Å². The minimum Gasteiger partial charge on any atom is -0.491 e. The third-order valence-electron chi connectivity index (χ3n) is 4.70. The van der Waals surface area contributed by atoms with Crippen molar-refractivity contribution in [2.45, 2.75) is 33.3 Å². The number of para-hydroxylation sites is 1. The maximum atomic E-state index is 12.8. The largest absolute Gasteiger partial charge is 0.491 e. The Morgan fingerprint density at radius 2 is 1.83 bits per heavy atom. The number of benzene rings is 2. The van der Waals surface area contributed by atoms with Gasteiger partial charge in [-0.05, 0) is 57.2 Å². The minimum atomic E-state index is -0.514. The fourth-order valence-electron chi connectivity index (χ4n) is 3.32. The van der Waals surface area contributed by atoms with Crippen molar-refractivity contribution in [2.24, 2.45) is 5.92 Å². The Morgan fingerprint density at radius 1 is 1.13 bits per heavy atom. The Bertz CT molecular complexity index is 923. The monoisotopic (exact) mass is 410 g/mol. The van der Waals surface area contributed by atoms with E-state index < -0.39 is 11.9 Å². The van der Waals surface area contributed by atoms with E-state index in [-0.39, 0.29) is 43.1 Å². The SMILES string of the molecule is CCOC(=O)c1ccccc1NC(=O)[C@@H]1CC(=O)N(c2ccc(OC(C)C)cc2)C1. The predicted octanol–water partition coefficient (Wildman–Crippen LogP) is 3.64. The molecule has 158 valence electrons. The second kappa shape index (κ2) is 9.43. The first-order valence-electron chi connectivity index (χ1n) is 10.0. The number of hydrogen-bond acceptors (Lipinski definition) is 5. The van der Waals surface area contributed by atoms with Gasteiger partial charge in [0.15, 0.2) is 0 Å². The normalized spacial score (nSPS) is 15.9. The van der Waals surface area contributed by atoms with Gasteiger partial charge in [-0.15, -0.1) is 0 Å². The van der Waals surface area contributed by atoms with Crippen molar-refractivity contribution in [1.82, 2.24) is 0 Å². The van der Waals surface area contributed by atoms with E-state index in [1.165, 1.54) is 0 Å². The van der Waals surface area contributed by atoms with E-state index in [0.717, 1.165) is 11.4 Å². The number of rotatable bonds is 7. The lowest BCUT2D eigenvalue weighted by atomic mass is 10.1. The highest BCUT2D eigenvalue weighted by atomic mass is 16.5. The van der Waals surface area contributed by atoms with Crippen molar-refractivity contribution < 1.29 is 23.9 Å². The zero-order valence-electron chi connectivity index (χ0n) is 17.4. The van der Waals surface area contributed by atoms with Crippen LogP contribution in [0.25, 0.3) is 0 Å². The van der Waals surface area contributed by atoms with Crippen LogP contribution in [0.15, 0.2) is 48.5 Å². The van der Waals surface area contributed by atoms with E-state index in [1.54, 1.807) is 36.1 Å². The molecule has 30 heavy (non-hydrogen) atoms. The molecule has 0 bridgehead atoms. The first-order valence-corrected chi connectivity index (χ1v) is 10.0. The van der Waals surface area contributed by atoms with Crippen molar-refractivity contribution in [3.63, 3.8) is 0 Å². The number of esters is 1. The molecule has 2 aromatic rings. The van der Waals surface area contributed by atoms with Crippen LogP contribution in [0.4, 0.5) is 11.4 Å². The summed E-state index contributed by atoms with van der Waals surface area (Å²) >= 11 is 0. The van der Waals surface area contributed by atoms with Crippen LogP contribution >= 0.6 is 0 Å². The second-order valence-electron chi connectivity index (χ2n) is 7.32. The summed E-state index contributed by atoms with van der Waals surface area (Å²) in [5, 5.41) is 2.78. The summed E-state index contributed by atoms with van der Waals surface area (Å²) in [6, 6.07) is 13.9. The summed E-state index contributed by atoms with van der Waals surface area (Å²) in [7, 11) is 0. The highest BCUT2D eigenvalue weighted by molar-refractivity contribution is 6.06. The zero-order chi connectivity index (χ0) is 21.7. The van der Waals surface area contributed by atoms with Crippen LogP contribution < -0.4 is 15.0 Å². The van der Waals surface area contributed by atoms with Crippen LogP contribution in [0.2, 0.25) is 0 Å². The number of amides is 2. The van der Waals surface area contributed by atoms with Crippen molar-refractivity contribution in [3.05, 3.63) is 54.1 Å². The average Bonchev–Trinajstić information content (AvgIpc) is 3.10. The Balaban J connectivity index is 1.68. The van der Waals surface area contributed by atoms with Crippen LogP contribution in [-0.4, -0.2) is 37.0 Å². The van der Waals surface area contributed by atoms with Crippen LogP contribution in [0, 0.1) is 5.92 Å². The smallest absolute Gasteiger partial charge is 0.340 e. The molecule has 0 aromatic heterocycles. The molecule has 0 unspecified atom stereocenters. The molecule has 1 atom stereocenters. The highest BCUT2D eigenvalue weighted by Gasteiger charge is 2.35. The lowest BCUT2D eigenvalue weighted by Crippen LogP contribution is -2.28. The Morgan fingerprint density at radius 3 is 2.50 bits per heavy atom. The molecular weight excluding hydrogens is 384 g/mol. The number of carbonyl (C=O) groups excluding carboxylic acids is 3. The van der Waals surface area contributed by atoms with Gasteiger partial charge in [-0.1, -0.05) is 12.1 Å². The molecule has 1 saturated heterocycles. The fraction of sp³-hybridized carbons (Fsp3) is 0.348. The van der Waals surface area contributed by atoms with E-state index >= 15 is 0 Å². The topological polar surface area (TPSA) is 84.9 Å². The van der Waals surface area contributed by atoms with Crippen molar-refractivity contribution in [2.75, 3.05) is 23.4 Å². The minimum absolute atomic E-state index is 0.0647. The molecule has 0 radical (unpaired) electrons. The van der Waals surface area contributed by atoms with Crippen LogP contribution in [0.5, 0.6) is 5.75 Å². The summed E-state index contributed by atoms with van der Waals surface area (Å²) in [5.74, 6) is -0.709. The number of anilines is 2. The van der Waals surface area contributed by atoms with Gasteiger partial charge >= 0.3 is 5.97 Å². The molecule has 2 amide bonds. The maximum absolute atomic E-state index is 12.8. The van der Waals surface area contributed by atoms with Gasteiger partial charge < -0.3 is 19.7 Å². The number of nitrogens with zero attached hydrogens (tertiary/aromatic N) is 1. The number of hydrogen-bond donors (Lipinski definition) is 1. The maximum Gasteiger partial charge on any atom is 0.340 e. The van der Waals surface area contributed by atoms with Crippen molar-refractivity contribution in [1.29, 1.82) is 0 Å². The molecule has 2 aromatic carbocycles. The van der Waals surface area contributed by atoms with E-state index in [0.29, 0.717) is 5.69 Å². The van der Waals surface area contributed by atoms with E-state index in [1.807, 2.05) is 38.1 Å². The first-order chi connectivity index (χ1) is 14.4. The quantitative estimate of drug-likeness (QED) is 0.705. The molecule has 1 heterocycles. The number of carbonyl (C=O) groups is 3. The van der Waals surface area contributed by atoms with Crippen molar-refractivity contribution in [3.8, 4) is 5.75 Å². The third-order valence-corrected chi connectivity index (χ3v) is 4.70. The summed E-state index contributed by atoms with van der Waals surface area (Å²) in [6.07, 6.45) is 0.173. The summed E-state index contributed by atoms with van der Waals surface area (Å²) in [6.45, 7) is 6.13. The Hall–Kier alpha value is -3.35. The molecule has 0 aliphatic carbocycles. The lowest BCUT2D eigenvalue weighted by Gasteiger charge is -2.18. The van der Waals surface area contributed by atoms with Crippen LogP contribution in [0.1, 0.15) is 37.6 Å². The van der Waals surface area contributed by atoms with Gasteiger partial charge in [-0.25, -0.2) is 4.79 Å². The van der Waals surface area contributed by atoms with Gasteiger partial charge in [0.05, 0.1) is 29.9 Å². The standard InChI is InChI=1S/C23H26N2O5/c1-4-29-23(28)19-7-5-6-8-20(19)24-22(27)16-13-21(26)25(14-16)17-9-11-18(12-10-17)30-15(2)3/h5-12,15-16H,4,13-14H2,1-3H3,(H,24,27)/t16-/m1/s1. The Labute approximate surface area is 176 Å². The fourth-order valence-corrected chi connectivity index (χ4v) is 3.32. The average molecular weight is 410 g/mol. The lowest BCUT2D eigenvalue weighted by molar-refractivity contribution is -0.122. The van der Waals surface area contributed by atoms with Crippen molar-refractivity contribution >= 4 is 29.2 Å². The number of ether oxygens (including phenoxy) is 2. The van der Waals surface area contributed by atoms with Gasteiger partial charge in [-0.3, -0.25) is 9.59 Å². The molecular formula is C23H26N2O5. The van der Waals surface area contributed by atoms with Gasteiger partial charge in [0, 0.05) is 18.7 Å². The zero-order valence-corrected chi connectivity index (χ0v) is 17.4. The summed E-state index contributed by atoms with van der Waals surface area (Å²) in [5.41, 5.74) is 1.38. The Kier molecular flexibility index (Phi) is 6.72. The van der Waals surface area contributed by atoms with E-state index in [2.05, 4.69) is 5.32 Å². The summed E-state index contributed by atoms with van der Waals surface area (Å²) < 4.78 is 10.7. The van der Waals surface area contributed by atoms with E-state index in [4.69, 9.17) is 9.47 Å². The highest BCUT2D eigenvalue weighted by Crippen LogP contribution is 2.28. The van der Waals surface area contributed by atoms with Crippen LogP contribution in [-0.2, 0) is 14.3 Å². The third kappa shape index (κ3) is 4.97. The molecule has 1 aliphatic heterocycles. The first kappa shape index (κ1) is 21.4. The molecule has 1 N–H and O–H groups in total. The number of nitrogens with one attached hydrogen (secondary N) is 1. The van der Waals surface area contributed by atoms with Gasteiger partial charge in [0.25, 0.3) is 0 Å². The summed E-state index contributed by atoms with van der Waals surface area (Å²) in [4.78, 5) is 39.0. The molecule has 0 saturated carbocycles. The molecule has 1 aliphatic rings. The predicted molar refractivity (Wildman–Crippen MR) is 114 cm³/mol. The molecule has 0 spiro atoms. The molecule has 1 fully saturated rings. The van der Waals surface area contributed by atoms with Crippen LogP contribution in [0.3, 0.4) is 0 Å². The molecule has 7 nitrogen and oxygen atoms in total. The second-order valence-corrected chi connectivity index (χ2v) is 7.32. The van der Waals surface area contributed by atoms with Gasteiger partial charge in [0.1, 0.15) is 5.75 Å².